The summed E-state index contributed by atoms with van der Waals surface area (Å²) in [6.07, 6.45) is 0. The van der Waals surface area contributed by atoms with Crippen LogP contribution in [0.4, 0.5) is 5.69 Å². The summed E-state index contributed by atoms with van der Waals surface area (Å²) in [5.74, 6) is 0.464. The Morgan fingerprint density at radius 2 is 1.92 bits per heavy atom. The number of nitrogens with zero attached hydrogens (tertiary/aromatic N) is 1. The highest BCUT2D eigenvalue weighted by Crippen LogP contribution is 2.30. The number of hydrogen-bond donors (Lipinski definition) is 1. The minimum absolute atomic E-state index is 0.0916. The molecule has 0 aromatic heterocycles. The predicted octanol–water partition coefficient (Wildman–Crippen LogP) is 4.04. The van der Waals surface area contributed by atoms with E-state index in [0.717, 1.165) is 12.1 Å². The normalized spacial score (nSPS) is 10.8. The van der Waals surface area contributed by atoms with Gasteiger partial charge in [0, 0.05) is 17.6 Å². The Hall–Kier alpha value is -2.04. The zero-order chi connectivity index (χ0) is 17.7. The van der Waals surface area contributed by atoms with Gasteiger partial charge in [0.1, 0.15) is 5.75 Å². The molecular formula is C19H23ClN2O2. The lowest BCUT2D eigenvalue weighted by molar-refractivity contribution is -0.117. The lowest BCUT2D eigenvalue weighted by atomic mass is 10.1. The molecule has 0 fully saturated rings. The largest absolute Gasteiger partial charge is 0.495 e. The summed E-state index contributed by atoms with van der Waals surface area (Å²) in [4.78, 5) is 14.3. The van der Waals surface area contributed by atoms with Crippen molar-refractivity contribution in [2.75, 3.05) is 26.0 Å². The number of carbonyl (C=O) groups is 1. The number of anilines is 1. The van der Waals surface area contributed by atoms with Crippen LogP contribution in [-0.4, -0.2) is 31.5 Å². The van der Waals surface area contributed by atoms with Crippen molar-refractivity contribution >= 4 is 23.2 Å². The minimum Gasteiger partial charge on any atom is -0.495 e. The van der Waals surface area contributed by atoms with Crippen LogP contribution in [0.5, 0.6) is 5.75 Å². The van der Waals surface area contributed by atoms with Crippen molar-refractivity contribution in [1.82, 2.24) is 4.90 Å². The highest BCUT2D eigenvalue weighted by Gasteiger charge is 2.12. The fourth-order valence-electron chi connectivity index (χ4n) is 2.50. The first-order valence-electron chi connectivity index (χ1n) is 7.77. The summed E-state index contributed by atoms with van der Waals surface area (Å²) in [6, 6.07) is 11.7. The fraction of sp³-hybridized carbons (Fsp3) is 0.316. The van der Waals surface area contributed by atoms with Crippen LogP contribution in [-0.2, 0) is 11.3 Å². The Morgan fingerprint density at radius 1 is 1.21 bits per heavy atom. The maximum atomic E-state index is 12.3. The van der Waals surface area contributed by atoms with E-state index in [0.29, 0.717) is 23.0 Å². The maximum absolute atomic E-state index is 12.3. The van der Waals surface area contributed by atoms with Gasteiger partial charge in [-0.2, -0.15) is 0 Å². The van der Waals surface area contributed by atoms with Gasteiger partial charge in [0.2, 0.25) is 5.91 Å². The van der Waals surface area contributed by atoms with Gasteiger partial charge >= 0.3 is 0 Å². The van der Waals surface area contributed by atoms with Crippen LogP contribution < -0.4 is 10.1 Å². The van der Waals surface area contributed by atoms with Gasteiger partial charge in [-0.05, 0) is 43.7 Å². The molecule has 4 nitrogen and oxygen atoms in total. The zero-order valence-electron chi connectivity index (χ0n) is 14.5. The van der Waals surface area contributed by atoms with Gasteiger partial charge in [-0.15, -0.1) is 0 Å². The quantitative estimate of drug-likeness (QED) is 0.858. The van der Waals surface area contributed by atoms with E-state index < -0.39 is 0 Å². The van der Waals surface area contributed by atoms with E-state index in [1.54, 1.807) is 13.2 Å². The number of carbonyl (C=O) groups excluding carboxylic acids is 1. The van der Waals surface area contributed by atoms with Gasteiger partial charge in [-0.25, -0.2) is 0 Å². The van der Waals surface area contributed by atoms with E-state index >= 15 is 0 Å². The second-order valence-electron chi connectivity index (χ2n) is 5.95. The van der Waals surface area contributed by atoms with Crippen molar-refractivity contribution in [2.45, 2.75) is 20.4 Å². The number of hydrogen-bond acceptors (Lipinski definition) is 3. The molecule has 0 aliphatic heterocycles. The number of halogens is 1. The third-order valence-corrected chi connectivity index (χ3v) is 4.28. The third kappa shape index (κ3) is 4.73. The van der Waals surface area contributed by atoms with Crippen LogP contribution >= 0.6 is 11.6 Å². The summed E-state index contributed by atoms with van der Waals surface area (Å²) < 4.78 is 5.29. The molecule has 1 amide bonds. The molecular weight excluding hydrogens is 324 g/mol. The monoisotopic (exact) mass is 346 g/mol. The summed E-state index contributed by atoms with van der Waals surface area (Å²) in [6.45, 7) is 4.97. The molecule has 2 rings (SSSR count). The molecule has 0 bridgehead atoms. The lowest BCUT2D eigenvalue weighted by Crippen LogP contribution is -2.30. The molecule has 0 aliphatic rings. The van der Waals surface area contributed by atoms with Gasteiger partial charge in [0.25, 0.3) is 0 Å². The van der Waals surface area contributed by atoms with Crippen LogP contribution in [0, 0.1) is 13.8 Å². The molecule has 0 saturated heterocycles. The lowest BCUT2D eigenvalue weighted by Gasteiger charge is -2.18. The average Bonchev–Trinajstić information content (AvgIpc) is 2.52. The summed E-state index contributed by atoms with van der Waals surface area (Å²) in [7, 11) is 3.48. The molecule has 0 spiro atoms. The Kier molecular flexibility index (Phi) is 6.23. The van der Waals surface area contributed by atoms with Crippen molar-refractivity contribution in [3.63, 3.8) is 0 Å². The predicted molar refractivity (Wildman–Crippen MR) is 98.9 cm³/mol. The first kappa shape index (κ1) is 18.3. The standard InChI is InChI=1S/C19H23ClN2O2/c1-13-7-5-6-8-15(13)11-22(3)12-19(23)21-17-9-14(2)16(20)10-18(17)24-4/h5-10H,11-12H2,1-4H3,(H,21,23). The SMILES string of the molecule is COc1cc(Cl)c(C)cc1NC(=O)CN(C)Cc1ccccc1C. The van der Waals surface area contributed by atoms with Crippen LogP contribution in [0.2, 0.25) is 5.02 Å². The minimum atomic E-state index is -0.0916. The van der Waals surface area contributed by atoms with Crippen LogP contribution in [0.1, 0.15) is 16.7 Å². The average molecular weight is 347 g/mol. The molecule has 0 radical (unpaired) electrons. The molecule has 24 heavy (non-hydrogen) atoms. The van der Waals surface area contributed by atoms with E-state index in [-0.39, 0.29) is 5.91 Å². The summed E-state index contributed by atoms with van der Waals surface area (Å²) >= 11 is 6.09. The van der Waals surface area contributed by atoms with E-state index in [2.05, 4.69) is 24.4 Å². The van der Waals surface area contributed by atoms with Gasteiger partial charge in [-0.1, -0.05) is 35.9 Å². The van der Waals surface area contributed by atoms with Crippen LogP contribution in [0.3, 0.4) is 0 Å². The number of methoxy groups -OCH3 is 1. The molecule has 2 aromatic carbocycles. The number of benzene rings is 2. The summed E-state index contributed by atoms with van der Waals surface area (Å²) in [5.41, 5.74) is 3.96. The van der Waals surface area contributed by atoms with Crippen molar-refractivity contribution in [1.29, 1.82) is 0 Å². The molecule has 0 heterocycles. The Labute approximate surface area is 148 Å². The number of rotatable bonds is 6. The number of amides is 1. The molecule has 0 unspecified atom stereocenters. The topological polar surface area (TPSA) is 41.6 Å². The van der Waals surface area contributed by atoms with Crippen molar-refractivity contribution in [3.8, 4) is 5.75 Å². The van der Waals surface area contributed by atoms with Gasteiger partial charge in [-0.3, -0.25) is 9.69 Å². The smallest absolute Gasteiger partial charge is 0.238 e. The van der Waals surface area contributed by atoms with E-state index in [1.165, 1.54) is 11.1 Å². The second-order valence-corrected chi connectivity index (χ2v) is 6.36. The second kappa shape index (κ2) is 8.18. The first-order chi connectivity index (χ1) is 11.4. The highest BCUT2D eigenvalue weighted by molar-refractivity contribution is 6.31. The third-order valence-electron chi connectivity index (χ3n) is 3.87. The van der Waals surface area contributed by atoms with E-state index in [1.807, 2.05) is 37.1 Å². The first-order valence-corrected chi connectivity index (χ1v) is 8.15. The Morgan fingerprint density at radius 3 is 2.58 bits per heavy atom. The number of ether oxygens (including phenoxy) is 1. The van der Waals surface area contributed by atoms with Gasteiger partial charge in [0.15, 0.2) is 0 Å². The molecule has 128 valence electrons. The van der Waals surface area contributed by atoms with Crippen molar-refractivity contribution in [2.24, 2.45) is 0 Å². The van der Waals surface area contributed by atoms with E-state index in [4.69, 9.17) is 16.3 Å². The highest BCUT2D eigenvalue weighted by atomic mass is 35.5. The van der Waals surface area contributed by atoms with Crippen molar-refractivity contribution < 1.29 is 9.53 Å². The summed E-state index contributed by atoms with van der Waals surface area (Å²) in [5, 5.41) is 3.51. The molecule has 0 saturated carbocycles. The Balaban J connectivity index is 2.00. The van der Waals surface area contributed by atoms with E-state index in [9.17, 15) is 4.79 Å². The Bertz CT molecular complexity index is 731. The van der Waals surface area contributed by atoms with Crippen LogP contribution in [0.25, 0.3) is 0 Å². The molecule has 0 atom stereocenters. The molecule has 1 N–H and O–H groups in total. The molecule has 5 heteroatoms. The maximum Gasteiger partial charge on any atom is 0.238 e. The van der Waals surface area contributed by atoms with Gasteiger partial charge < -0.3 is 10.1 Å². The number of nitrogens with one attached hydrogen (secondary N) is 1. The van der Waals surface area contributed by atoms with Gasteiger partial charge in [0.05, 0.1) is 19.3 Å². The molecule has 2 aromatic rings. The molecule has 0 aliphatic carbocycles. The van der Waals surface area contributed by atoms with Crippen LogP contribution in [0.15, 0.2) is 36.4 Å². The van der Waals surface area contributed by atoms with Crippen molar-refractivity contribution in [3.05, 3.63) is 58.1 Å². The zero-order valence-corrected chi connectivity index (χ0v) is 15.3. The number of aryl methyl sites for hydroxylation is 2. The number of likely N-dealkylation sites (N-methyl/N-ethyl adjacent to an activating group) is 1. The fourth-order valence-corrected chi connectivity index (χ4v) is 2.65.